The molecule has 0 radical (unpaired) electrons. The van der Waals surface area contributed by atoms with Gasteiger partial charge in [-0.1, -0.05) is 0 Å². The maximum absolute atomic E-state index is 13.0. The van der Waals surface area contributed by atoms with E-state index in [0.29, 0.717) is 12.4 Å². The summed E-state index contributed by atoms with van der Waals surface area (Å²) in [5.41, 5.74) is 0.142. The molecule has 3 aromatic rings. The summed E-state index contributed by atoms with van der Waals surface area (Å²) in [6.45, 7) is 0.344. The molecule has 0 fully saturated rings. The molecule has 0 bridgehead atoms. The number of nitrogens with zero attached hydrogens (tertiary/aromatic N) is 3. The molecule has 130 valence electrons. The summed E-state index contributed by atoms with van der Waals surface area (Å²) in [7, 11) is 1.44. The Morgan fingerprint density at radius 3 is 2.48 bits per heavy atom. The molecule has 4 nitrogen and oxygen atoms in total. The molecule has 2 aromatic heterocycles. The second-order valence-corrected chi connectivity index (χ2v) is 5.14. The molecule has 25 heavy (non-hydrogen) atoms. The van der Waals surface area contributed by atoms with Crippen LogP contribution in [-0.2, 0) is 37.2 Å². The Morgan fingerprint density at radius 1 is 1.16 bits per heavy atom. The van der Waals surface area contributed by atoms with E-state index in [9.17, 15) is 13.2 Å². The minimum Gasteiger partial charge on any atom is -0.489 e. The number of benzene rings is 1. The molecule has 0 amide bonds. The summed E-state index contributed by atoms with van der Waals surface area (Å²) in [4.78, 5) is 4.06. The number of halogens is 3. The SMILES string of the molecule is Cn1cc(-c2ccc(OCc3cc[c-]cc3)cn2)c(C(F)(F)F)n1.[Cr]. The number of hydrogen-bond donors (Lipinski definition) is 0. The van der Waals surface area contributed by atoms with E-state index in [-0.39, 0.29) is 28.6 Å². The van der Waals surface area contributed by atoms with Gasteiger partial charge in [0.25, 0.3) is 0 Å². The molecular weight excluding hydrogens is 371 g/mol. The Hall–Kier alpha value is -2.30. The molecule has 8 heteroatoms. The molecule has 3 rings (SSSR count). The van der Waals surface area contributed by atoms with Crippen LogP contribution in [0.3, 0.4) is 0 Å². The Balaban J connectivity index is 0.00000225. The second kappa shape index (κ2) is 7.72. The molecule has 0 aliphatic heterocycles. The molecular formula is C17H13CrF3N3O-. The van der Waals surface area contributed by atoms with E-state index in [2.05, 4.69) is 16.1 Å². The number of aryl methyl sites for hydroxylation is 1. The molecule has 2 heterocycles. The number of alkyl halides is 3. The van der Waals surface area contributed by atoms with Crippen LogP contribution in [0.25, 0.3) is 11.3 Å². The van der Waals surface area contributed by atoms with Crippen molar-refractivity contribution in [1.82, 2.24) is 14.8 Å². The van der Waals surface area contributed by atoms with Crippen molar-refractivity contribution >= 4 is 0 Å². The van der Waals surface area contributed by atoms with Crippen molar-refractivity contribution in [3.05, 3.63) is 66.1 Å². The number of ether oxygens (including phenoxy) is 1. The van der Waals surface area contributed by atoms with Crippen LogP contribution in [-0.4, -0.2) is 14.8 Å². The van der Waals surface area contributed by atoms with Crippen LogP contribution < -0.4 is 4.74 Å². The maximum Gasteiger partial charge on any atom is 0.435 e. The van der Waals surface area contributed by atoms with E-state index in [0.717, 1.165) is 10.2 Å². The Labute approximate surface area is 153 Å². The predicted molar refractivity (Wildman–Crippen MR) is 81.1 cm³/mol. The Morgan fingerprint density at radius 2 is 1.88 bits per heavy atom. The Bertz CT molecular complexity index is 817. The van der Waals surface area contributed by atoms with Crippen molar-refractivity contribution in [3.63, 3.8) is 0 Å². The summed E-state index contributed by atoms with van der Waals surface area (Å²) < 4.78 is 45.7. The van der Waals surface area contributed by atoms with Gasteiger partial charge in [0, 0.05) is 30.6 Å². The van der Waals surface area contributed by atoms with E-state index >= 15 is 0 Å². The van der Waals surface area contributed by atoms with Crippen molar-refractivity contribution in [2.75, 3.05) is 0 Å². The van der Waals surface area contributed by atoms with Gasteiger partial charge in [0.2, 0.25) is 0 Å². The summed E-state index contributed by atoms with van der Waals surface area (Å²) in [6, 6.07) is 13.3. The predicted octanol–water partition coefficient (Wildman–Crippen LogP) is 3.88. The van der Waals surface area contributed by atoms with Gasteiger partial charge in [0.15, 0.2) is 5.69 Å². The van der Waals surface area contributed by atoms with E-state index in [1.165, 1.54) is 25.5 Å². The number of pyridine rings is 1. The van der Waals surface area contributed by atoms with Crippen LogP contribution in [0.15, 0.2) is 48.8 Å². The first-order valence-electron chi connectivity index (χ1n) is 7.08. The van der Waals surface area contributed by atoms with Gasteiger partial charge in [0.05, 0.1) is 24.1 Å². The van der Waals surface area contributed by atoms with Crippen LogP contribution in [0.1, 0.15) is 11.3 Å². The third-order valence-corrected chi connectivity index (χ3v) is 3.30. The molecule has 0 aliphatic rings. The largest absolute Gasteiger partial charge is 0.489 e. The molecule has 0 saturated heterocycles. The average molecular weight is 384 g/mol. The fourth-order valence-electron chi connectivity index (χ4n) is 2.19. The zero-order valence-electron chi connectivity index (χ0n) is 13.1. The first kappa shape index (κ1) is 19.0. The van der Waals surface area contributed by atoms with E-state index < -0.39 is 11.9 Å². The van der Waals surface area contributed by atoms with Gasteiger partial charge in [-0.05, 0) is 12.1 Å². The molecule has 0 unspecified atom stereocenters. The second-order valence-electron chi connectivity index (χ2n) is 5.14. The van der Waals surface area contributed by atoms with E-state index in [4.69, 9.17) is 4.74 Å². The average Bonchev–Trinajstić information content (AvgIpc) is 2.97. The van der Waals surface area contributed by atoms with Crippen LogP contribution in [0.2, 0.25) is 0 Å². The molecule has 0 atom stereocenters. The monoisotopic (exact) mass is 384 g/mol. The quantitative estimate of drug-likeness (QED) is 0.641. The van der Waals surface area contributed by atoms with Gasteiger partial charge in [-0.25, -0.2) is 0 Å². The minimum atomic E-state index is -4.53. The van der Waals surface area contributed by atoms with Crippen molar-refractivity contribution < 1.29 is 35.3 Å². The normalized spacial score (nSPS) is 11.0. The standard InChI is InChI=1S/C17H13F3N3O.Cr/c1-23-10-14(16(22-23)17(18,19)20)15-8-7-13(9-21-15)24-11-12-5-3-2-4-6-12;/h3-10H,11H2,1H3;/q-1;. The molecule has 1 aromatic carbocycles. The third kappa shape index (κ3) is 4.62. The summed E-state index contributed by atoms with van der Waals surface area (Å²) >= 11 is 0. The first-order valence-corrected chi connectivity index (χ1v) is 7.08. The topological polar surface area (TPSA) is 39.9 Å². The fraction of sp³-hybridized carbons (Fsp3) is 0.176. The van der Waals surface area contributed by atoms with E-state index in [1.807, 2.05) is 12.1 Å². The van der Waals surface area contributed by atoms with Gasteiger partial charge >= 0.3 is 6.18 Å². The third-order valence-electron chi connectivity index (χ3n) is 3.30. The summed E-state index contributed by atoms with van der Waals surface area (Å²) in [5.74, 6) is 0.476. The van der Waals surface area contributed by atoms with Crippen LogP contribution in [0, 0.1) is 6.07 Å². The molecule has 0 N–H and O–H groups in total. The number of rotatable bonds is 4. The van der Waals surface area contributed by atoms with Gasteiger partial charge in [-0.3, -0.25) is 9.67 Å². The molecule has 0 spiro atoms. The van der Waals surface area contributed by atoms with Crippen LogP contribution in [0.4, 0.5) is 13.2 Å². The van der Waals surface area contributed by atoms with Crippen molar-refractivity contribution in [2.24, 2.45) is 7.05 Å². The van der Waals surface area contributed by atoms with Gasteiger partial charge in [-0.15, -0.1) is 5.56 Å². The molecule has 0 saturated carbocycles. The zero-order chi connectivity index (χ0) is 17.2. The van der Waals surface area contributed by atoms with Crippen LogP contribution >= 0.6 is 0 Å². The number of hydrogen-bond acceptors (Lipinski definition) is 3. The fourth-order valence-corrected chi connectivity index (χ4v) is 2.19. The Kier molecular flexibility index (Phi) is 5.88. The van der Waals surface area contributed by atoms with E-state index in [1.54, 1.807) is 18.2 Å². The molecule has 0 aliphatic carbocycles. The van der Waals surface area contributed by atoms with Crippen molar-refractivity contribution in [2.45, 2.75) is 12.8 Å². The van der Waals surface area contributed by atoms with Crippen LogP contribution in [0.5, 0.6) is 5.75 Å². The first-order chi connectivity index (χ1) is 11.4. The maximum atomic E-state index is 13.0. The summed E-state index contributed by atoms with van der Waals surface area (Å²) in [5, 5.41) is 3.47. The van der Waals surface area contributed by atoms with Crippen molar-refractivity contribution in [1.29, 1.82) is 0 Å². The van der Waals surface area contributed by atoms with Gasteiger partial charge in [-0.2, -0.15) is 48.6 Å². The van der Waals surface area contributed by atoms with Gasteiger partial charge in [0.1, 0.15) is 5.75 Å². The summed E-state index contributed by atoms with van der Waals surface area (Å²) in [6.07, 6.45) is -1.83. The smallest absolute Gasteiger partial charge is 0.435 e. The minimum absolute atomic E-state index is 0. The zero-order valence-corrected chi connectivity index (χ0v) is 14.4. The van der Waals surface area contributed by atoms with Crippen molar-refractivity contribution in [3.8, 4) is 17.0 Å². The van der Waals surface area contributed by atoms with Gasteiger partial charge < -0.3 is 4.74 Å². The number of aromatic nitrogens is 3.